The van der Waals surface area contributed by atoms with Gasteiger partial charge >= 0.3 is 5.97 Å². The third kappa shape index (κ3) is 4.80. The maximum absolute atomic E-state index is 11.9. The predicted molar refractivity (Wildman–Crippen MR) is 96.9 cm³/mol. The minimum atomic E-state index is -0.445. The van der Waals surface area contributed by atoms with Crippen molar-refractivity contribution in [3.8, 4) is 0 Å². The zero-order chi connectivity index (χ0) is 17.7. The molecule has 0 saturated heterocycles. The monoisotopic (exact) mass is 384 g/mol. The van der Waals surface area contributed by atoms with E-state index in [0.29, 0.717) is 25.7 Å². The van der Waals surface area contributed by atoms with Gasteiger partial charge in [-0.1, -0.05) is 40.6 Å². The average molecular weight is 385 g/mol. The predicted octanol–water partition coefficient (Wildman–Crippen LogP) is 4.59. The smallest absolute Gasteiger partial charge is 0.350 e. The number of hydrogen-bond donors (Lipinski definition) is 1. The van der Waals surface area contributed by atoms with Crippen molar-refractivity contribution in [1.29, 1.82) is 0 Å². The molecule has 0 bridgehead atoms. The Hall–Kier alpha value is -1.89. The number of hydrogen-bond acceptors (Lipinski definition) is 5. The van der Waals surface area contributed by atoms with Gasteiger partial charge in [0.05, 0.1) is 22.3 Å². The van der Waals surface area contributed by atoms with Gasteiger partial charge in [0.25, 0.3) is 0 Å². The van der Waals surface area contributed by atoms with Crippen LogP contribution in [0.15, 0.2) is 24.3 Å². The number of nitrogens with one attached hydrogen (secondary N) is 1. The molecule has 0 aliphatic heterocycles. The molecule has 126 valence electrons. The van der Waals surface area contributed by atoms with Crippen molar-refractivity contribution in [2.45, 2.75) is 13.8 Å². The Balaban J connectivity index is 2.04. The largest absolute Gasteiger partial charge is 0.462 e. The lowest BCUT2D eigenvalue weighted by molar-refractivity contribution is -0.111. The molecule has 0 spiro atoms. The van der Waals surface area contributed by atoms with Crippen molar-refractivity contribution < 1.29 is 14.3 Å². The van der Waals surface area contributed by atoms with E-state index in [-0.39, 0.29) is 12.5 Å². The van der Waals surface area contributed by atoms with E-state index in [9.17, 15) is 9.59 Å². The molecule has 0 radical (unpaired) electrons. The van der Waals surface area contributed by atoms with Crippen LogP contribution in [0.1, 0.15) is 27.9 Å². The first-order valence-electron chi connectivity index (χ1n) is 6.99. The first-order valence-corrected chi connectivity index (χ1v) is 8.56. The second-order valence-corrected chi connectivity index (χ2v) is 6.46. The van der Waals surface area contributed by atoms with Crippen LogP contribution in [0.5, 0.6) is 0 Å². The number of carbonyl (C=O) groups is 2. The van der Waals surface area contributed by atoms with Gasteiger partial charge in [0.15, 0.2) is 5.13 Å². The Morgan fingerprint density at radius 3 is 2.75 bits per heavy atom. The van der Waals surface area contributed by atoms with Gasteiger partial charge in [0, 0.05) is 6.08 Å². The molecule has 8 heteroatoms. The molecule has 2 rings (SSSR count). The third-order valence-electron chi connectivity index (χ3n) is 2.86. The molecule has 0 fully saturated rings. The van der Waals surface area contributed by atoms with Crippen molar-refractivity contribution in [2.75, 3.05) is 11.9 Å². The summed E-state index contributed by atoms with van der Waals surface area (Å²) in [6, 6.07) is 5.04. The van der Waals surface area contributed by atoms with Crippen molar-refractivity contribution in [3.63, 3.8) is 0 Å². The minimum absolute atomic E-state index is 0.282. The van der Waals surface area contributed by atoms with Gasteiger partial charge in [-0.15, -0.1) is 0 Å². The van der Waals surface area contributed by atoms with E-state index in [1.54, 1.807) is 38.1 Å². The number of ether oxygens (including phenoxy) is 1. The van der Waals surface area contributed by atoms with Crippen LogP contribution in [-0.4, -0.2) is 23.5 Å². The van der Waals surface area contributed by atoms with Crippen LogP contribution < -0.4 is 5.32 Å². The summed E-state index contributed by atoms with van der Waals surface area (Å²) in [5.74, 6) is -0.815. The number of nitrogens with zero attached hydrogens (tertiary/aromatic N) is 1. The Bertz CT molecular complexity index is 803. The highest BCUT2D eigenvalue weighted by atomic mass is 35.5. The van der Waals surface area contributed by atoms with Gasteiger partial charge < -0.3 is 4.74 Å². The van der Waals surface area contributed by atoms with Gasteiger partial charge in [-0.05, 0) is 37.6 Å². The second kappa shape index (κ2) is 8.28. The number of carbonyl (C=O) groups excluding carboxylic acids is 2. The SMILES string of the molecule is CCOC(=O)c1sc(NC(=O)/C=C/c2ccc(Cl)c(Cl)c2)nc1C. The molecule has 1 N–H and O–H groups in total. The number of rotatable bonds is 5. The zero-order valence-electron chi connectivity index (χ0n) is 12.9. The van der Waals surface area contributed by atoms with Gasteiger partial charge in [-0.2, -0.15) is 0 Å². The standard InChI is InChI=1S/C16H14Cl2N2O3S/c1-3-23-15(22)14-9(2)19-16(24-14)20-13(21)7-5-10-4-6-11(17)12(18)8-10/h4-8H,3H2,1-2H3,(H,19,20,21)/b7-5+. The molecule has 1 aromatic carbocycles. The number of esters is 1. The maximum Gasteiger partial charge on any atom is 0.350 e. The minimum Gasteiger partial charge on any atom is -0.462 e. The van der Waals surface area contributed by atoms with Crippen molar-refractivity contribution in [3.05, 3.63) is 50.5 Å². The van der Waals surface area contributed by atoms with E-state index < -0.39 is 5.97 Å². The van der Waals surface area contributed by atoms with Crippen LogP contribution in [0, 0.1) is 6.92 Å². The van der Waals surface area contributed by atoms with Crippen molar-refractivity contribution in [2.24, 2.45) is 0 Å². The number of halogens is 2. The molecule has 5 nitrogen and oxygen atoms in total. The second-order valence-electron chi connectivity index (χ2n) is 4.65. The van der Waals surface area contributed by atoms with Crippen LogP contribution >= 0.6 is 34.5 Å². The lowest BCUT2D eigenvalue weighted by Gasteiger charge is -1.98. The summed E-state index contributed by atoms with van der Waals surface area (Å²) >= 11 is 12.8. The van der Waals surface area contributed by atoms with Gasteiger partial charge in [-0.25, -0.2) is 9.78 Å². The summed E-state index contributed by atoms with van der Waals surface area (Å²) in [6.45, 7) is 3.69. The topological polar surface area (TPSA) is 68.3 Å². The van der Waals surface area contributed by atoms with Gasteiger partial charge in [0.2, 0.25) is 5.91 Å². The van der Waals surface area contributed by atoms with Crippen LogP contribution in [0.4, 0.5) is 5.13 Å². The van der Waals surface area contributed by atoms with E-state index in [2.05, 4.69) is 10.3 Å². The van der Waals surface area contributed by atoms with E-state index in [1.807, 2.05) is 0 Å². The number of aromatic nitrogens is 1. The fourth-order valence-corrected chi connectivity index (χ4v) is 2.94. The summed E-state index contributed by atoms with van der Waals surface area (Å²) < 4.78 is 4.93. The number of anilines is 1. The molecule has 0 unspecified atom stereocenters. The Labute approximate surface area is 153 Å². The highest BCUT2D eigenvalue weighted by Gasteiger charge is 2.16. The number of aryl methyl sites for hydroxylation is 1. The van der Waals surface area contributed by atoms with E-state index >= 15 is 0 Å². The molecule has 2 aromatic rings. The lowest BCUT2D eigenvalue weighted by Crippen LogP contribution is -2.07. The summed E-state index contributed by atoms with van der Waals surface area (Å²) in [5.41, 5.74) is 1.25. The molecule has 1 amide bonds. The highest BCUT2D eigenvalue weighted by molar-refractivity contribution is 7.17. The quantitative estimate of drug-likeness (QED) is 0.604. The summed E-state index contributed by atoms with van der Waals surface area (Å²) in [7, 11) is 0. The van der Waals surface area contributed by atoms with E-state index in [4.69, 9.17) is 27.9 Å². The van der Waals surface area contributed by atoms with Gasteiger partial charge in [-0.3, -0.25) is 10.1 Å². The average Bonchev–Trinajstić information content (AvgIpc) is 2.89. The first-order chi connectivity index (χ1) is 11.4. The third-order valence-corrected chi connectivity index (χ3v) is 4.65. The fraction of sp³-hybridized carbons (Fsp3) is 0.188. The van der Waals surface area contributed by atoms with Crippen molar-refractivity contribution in [1.82, 2.24) is 4.98 Å². The Kier molecular flexibility index (Phi) is 6.36. The summed E-state index contributed by atoms with van der Waals surface area (Å²) in [6.07, 6.45) is 2.95. The van der Waals surface area contributed by atoms with Gasteiger partial charge in [0.1, 0.15) is 4.88 Å². The molecule has 24 heavy (non-hydrogen) atoms. The molecular weight excluding hydrogens is 371 g/mol. The molecule has 0 atom stereocenters. The Morgan fingerprint density at radius 1 is 1.33 bits per heavy atom. The number of thiazole rings is 1. The molecular formula is C16H14Cl2N2O3S. The fourth-order valence-electron chi connectivity index (χ4n) is 1.77. The normalized spacial score (nSPS) is 10.8. The first kappa shape index (κ1) is 18.4. The van der Waals surface area contributed by atoms with Crippen molar-refractivity contribution >= 4 is 57.6 Å². The van der Waals surface area contributed by atoms with E-state index in [0.717, 1.165) is 16.9 Å². The maximum atomic E-state index is 11.9. The number of amides is 1. The molecule has 0 aliphatic carbocycles. The van der Waals surface area contributed by atoms with Crippen LogP contribution in [0.25, 0.3) is 6.08 Å². The van der Waals surface area contributed by atoms with Crippen LogP contribution in [-0.2, 0) is 9.53 Å². The molecule has 0 aliphatic rings. The molecule has 1 heterocycles. The number of benzene rings is 1. The highest BCUT2D eigenvalue weighted by Crippen LogP contribution is 2.24. The van der Waals surface area contributed by atoms with E-state index in [1.165, 1.54) is 6.08 Å². The summed E-state index contributed by atoms with van der Waals surface area (Å²) in [4.78, 5) is 28.2. The molecule has 0 saturated carbocycles. The summed E-state index contributed by atoms with van der Waals surface area (Å²) in [5, 5.41) is 3.80. The lowest BCUT2D eigenvalue weighted by atomic mass is 10.2. The van der Waals surface area contributed by atoms with Crippen LogP contribution in [0.3, 0.4) is 0 Å². The Morgan fingerprint density at radius 2 is 2.08 bits per heavy atom. The van der Waals surface area contributed by atoms with Crippen LogP contribution in [0.2, 0.25) is 10.0 Å². The molecule has 1 aromatic heterocycles. The zero-order valence-corrected chi connectivity index (χ0v) is 15.3.